The third-order valence-electron chi connectivity index (χ3n) is 5.69. The summed E-state index contributed by atoms with van der Waals surface area (Å²) in [6.45, 7) is 3.63. The molecular weight excluding hydrogens is 492 g/mol. The number of halogens is 1. The lowest BCUT2D eigenvalue weighted by Crippen LogP contribution is -2.52. The summed E-state index contributed by atoms with van der Waals surface area (Å²) in [4.78, 5) is 28.6. The average Bonchev–Trinajstić information content (AvgIpc) is 2.90. The number of ether oxygens (including phenoxy) is 3. The van der Waals surface area contributed by atoms with Crippen molar-refractivity contribution in [2.24, 2.45) is 0 Å². The standard InChI is InChI=1S/C29H33ClN2O5/c1-20(2)31-29(34)27(14-21-10-6-5-7-11-21)32(18-22-12-8-9-13-26(22)30)28(33)19-37-25-16-23(35-3)15-24(17-25)36-4/h5-13,15-17,20,27H,14,18-19H2,1-4H3,(H,31,34)/t27-/m0/s1. The Kier molecular flexibility index (Phi) is 10.2. The van der Waals surface area contributed by atoms with E-state index in [0.717, 1.165) is 11.1 Å². The van der Waals surface area contributed by atoms with E-state index in [2.05, 4.69) is 5.32 Å². The van der Waals surface area contributed by atoms with E-state index in [1.165, 1.54) is 19.1 Å². The fourth-order valence-electron chi connectivity index (χ4n) is 3.84. The van der Waals surface area contributed by atoms with Gasteiger partial charge in [-0.2, -0.15) is 0 Å². The van der Waals surface area contributed by atoms with Crippen LogP contribution in [0.15, 0.2) is 72.8 Å². The molecule has 3 aromatic rings. The predicted octanol–water partition coefficient (Wildman–Crippen LogP) is 4.90. The molecule has 0 radical (unpaired) electrons. The number of hydrogen-bond donors (Lipinski definition) is 1. The molecule has 0 unspecified atom stereocenters. The van der Waals surface area contributed by atoms with Crippen LogP contribution in [0, 0.1) is 0 Å². The lowest BCUT2D eigenvalue weighted by Gasteiger charge is -2.32. The highest BCUT2D eigenvalue weighted by molar-refractivity contribution is 6.31. The number of amides is 2. The number of rotatable bonds is 12. The van der Waals surface area contributed by atoms with Gasteiger partial charge in [-0.05, 0) is 31.0 Å². The van der Waals surface area contributed by atoms with Crippen LogP contribution >= 0.6 is 11.6 Å². The van der Waals surface area contributed by atoms with Crippen LogP contribution < -0.4 is 19.5 Å². The van der Waals surface area contributed by atoms with Gasteiger partial charge in [-0.15, -0.1) is 0 Å². The molecule has 0 heterocycles. The van der Waals surface area contributed by atoms with E-state index >= 15 is 0 Å². The molecule has 8 heteroatoms. The maximum absolute atomic E-state index is 13.7. The minimum Gasteiger partial charge on any atom is -0.496 e. The molecule has 0 aromatic heterocycles. The number of carbonyl (C=O) groups is 2. The van der Waals surface area contributed by atoms with Crippen LogP contribution in [-0.4, -0.2) is 49.6 Å². The highest BCUT2D eigenvalue weighted by Crippen LogP contribution is 2.28. The van der Waals surface area contributed by atoms with Crippen molar-refractivity contribution in [2.75, 3.05) is 20.8 Å². The topological polar surface area (TPSA) is 77.1 Å². The highest BCUT2D eigenvalue weighted by atomic mass is 35.5. The van der Waals surface area contributed by atoms with Gasteiger partial charge in [0.15, 0.2) is 6.61 Å². The molecule has 2 amide bonds. The number of nitrogens with one attached hydrogen (secondary N) is 1. The van der Waals surface area contributed by atoms with Gasteiger partial charge in [-0.3, -0.25) is 9.59 Å². The first-order chi connectivity index (χ1) is 17.8. The second-order valence-electron chi connectivity index (χ2n) is 8.82. The van der Waals surface area contributed by atoms with Crippen molar-refractivity contribution >= 4 is 23.4 Å². The normalized spacial score (nSPS) is 11.5. The van der Waals surface area contributed by atoms with Crippen LogP contribution in [0.3, 0.4) is 0 Å². The lowest BCUT2D eigenvalue weighted by atomic mass is 10.0. The van der Waals surface area contributed by atoms with Crippen LogP contribution in [-0.2, 0) is 22.6 Å². The SMILES string of the molecule is COc1cc(OC)cc(OCC(=O)N(Cc2ccccc2Cl)[C@@H](Cc2ccccc2)C(=O)NC(C)C)c1. The smallest absolute Gasteiger partial charge is 0.261 e. The number of nitrogens with zero attached hydrogens (tertiary/aromatic N) is 1. The number of hydrogen-bond acceptors (Lipinski definition) is 5. The van der Waals surface area contributed by atoms with Crippen molar-refractivity contribution in [1.29, 1.82) is 0 Å². The summed E-state index contributed by atoms with van der Waals surface area (Å²) in [5.41, 5.74) is 1.66. The van der Waals surface area contributed by atoms with Gasteiger partial charge in [0.1, 0.15) is 23.3 Å². The Morgan fingerprint density at radius 3 is 2.08 bits per heavy atom. The fourth-order valence-corrected chi connectivity index (χ4v) is 4.03. The van der Waals surface area contributed by atoms with Crippen LogP contribution in [0.4, 0.5) is 0 Å². The first-order valence-electron chi connectivity index (χ1n) is 12.0. The average molecular weight is 525 g/mol. The molecule has 0 saturated carbocycles. The monoisotopic (exact) mass is 524 g/mol. The number of methoxy groups -OCH3 is 2. The number of benzene rings is 3. The Labute approximate surface area is 223 Å². The minimum atomic E-state index is -0.781. The van der Waals surface area contributed by atoms with Gasteiger partial charge in [-0.25, -0.2) is 0 Å². The molecule has 3 rings (SSSR count). The van der Waals surface area contributed by atoms with Gasteiger partial charge in [-0.1, -0.05) is 60.1 Å². The van der Waals surface area contributed by atoms with Gasteiger partial charge in [0, 0.05) is 42.2 Å². The second kappa shape index (κ2) is 13.6. The molecule has 0 bridgehead atoms. The molecule has 0 aliphatic rings. The first kappa shape index (κ1) is 27.9. The van der Waals surface area contributed by atoms with Crippen molar-refractivity contribution in [3.63, 3.8) is 0 Å². The van der Waals surface area contributed by atoms with Gasteiger partial charge in [0.05, 0.1) is 14.2 Å². The van der Waals surface area contributed by atoms with Gasteiger partial charge < -0.3 is 24.4 Å². The van der Waals surface area contributed by atoms with Crippen LogP contribution in [0.1, 0.15) is 25.0 Å². The minimum absolute atomic E-state index is 0.0939. The zero-order chi connectivity index (χ0) is 26.8. The van der Waals surface area contributed by atoms with Gasteiger partial charge in [0.2, 0.25) is 5.91 Å². The Morgan fingerprint density at radius 1 is 0.892 bits per heavy atom. The summed E-state index contributed by atoms with van der Waals surface area (Å²) >= 11 is 6.44. The summed E-state index contributed by atoms with van der Waals surface area (Å²) in [6.07, 6.45) is 0.336. The molecular formula is C29H33ClN2O5. The summed E-state index contributed by atoms with van der Waals surface area (Å²) in [5, 5.41) is 3.48. The molecule has 0 fully saturated rings. The van der Waals surface area contributed by atoms with Crippen molar-refractivity contribution in [3.8, 4) is 17.2 Å². The fraction of sp³-hybridized carbons (Fsp3) is 0.310. The van der Waals surface area contributed by atoms with E-state index in [9.17, 15) is 9.59 Å². The zero-order valence-corrected chi connectivity index (χ0v) is 22.3. The van der Waals surface area contributed by atoms with Crippen molar-refractivity contribution in [1.82, 2.24) is 10.2 Å². The Balaban J connectivity index is 1.93. The molecule has 1 atom stereocenters. The van der Waals surface area contributed by atoms with E-state index in [1.807, 2.05) is 62.4 Å². The van der Waals surface area contributed by atoms with E-state index < -0.39 is 6.04 Å². The van der Waals surface area contributed by atoms with E-state index in [4.69, 9.17) is 25.8 Å². The van der Waals surface area contributed by atoms with E-state index in [-0.39, 0.29) is 31.0 Å². The quantitative estimate of drug-likeness (QED) is 0.364. The molecule has 1 N–H and O–H groups in total. The lowest BCUT2D eigenvalue weighted by molar-refractivity contribution is -0.143. The van der Waals surface area contributed by atoms with Gasteiger partial charge >= 0.3 is 0 Å². The molecule has 37 heavy (non-hydrogen) atoms. The van der Waals surface area contributed by atoms with Crippen LogP contribution in [0.5, 0.6) is 17.2 Å². The summed E-state index contributed by atoms with van der Waals surface area (Å²) in [6, 6.07) is 21.1. The van der Waals surface area contributed by atoms with Crippen molar-refractivity contribution in [3.05, 3.63) is 88.9 Å². The van der Waals surface area contributed by atoms with Gasteiger partial charge in [0.25, 0.3) is 5.91 Å². The van der Waals surface area contributed by atoms with E-state index in [0.29, 0.717) is 28.7 Å². The molecule has 196 valence electrons. The third kappa shape index (κ3) is 8.15. The molecule has 3 aromatic carbocycles. The van der Waals surface area contributed by atoms with Crippen molar-refractivity contribution in [2.45, 2.75) is 38.9 Å². The maximum atomic E-state index is 13.7. The largest absolute Gasteiger partial charge is 0.496 e. The van der Waals surface area contributed by atoms with Crippen LogP contribution in [0.25, 0.3) is 0 Å². The number of carbonyl (C=O) groups excluding carboxylic acids is 2. The molecule has 0 aliphatic carbocycles. The highest BCUT2D eigenvalue weighted by Gasteiger charge is 2.31. The maximum Gasteiger partial charge on any atom is 0.261 e. The Bertz CT molecular complexity index is 1160. The molecule has 0 aliphatic heterocycles. The predicted molar refractivity (Wildman–Crippen MR) is 144 cm³/mol. The van der Waals surface area contributed by atoms with Crippen LogP contribution in [0.2, 0.25) is 5.02 Å². The summed E-state index contributed by atoms with van der Waals surface area (Å²) in [5.74, 6) is 0.873. The Hall–Kier alpha value is -3.71. The molecule has 7 nitrogen and oxygen atoms in total. The summed E-state index contributed by atoms with van der Waals surface area (Å²) < 4.78 is 16.4. The second-order valence-corrected chi connectivity index (χ2v) is 9.23. The summed E-state index contributed by atoms with van der Waals surface area (Å²) in [7, 11) is 3.08. The van der Waals surface area contributed by atoms with Crippen molar-refractivity contribution < 1.29 is 23.8 Å². The van der Waals surface area contributed by atoms with E-state index in [1.54, 1.807) is 24.3 Å². The molecule has 0 saturated heterocycles. The molecule has 0 spiro atoms. The third-order valence-corrected chi connectivity index (χ3v) is 6.06. The Morgan fingerprint density at radius 2 is 1.49 bits per heavy atom. The zero-order valence-electron chi connectivity index (χ0n) is 21.6. The first-order valence-corrected chi connectivity index (χ1v) is 12.4.